The van der Waals surface area contributed by atoms with E-state index in [1.54, 1.807) is 0 Å². The van der Waals surface area contributed by atoms with Crippen molar-refractivity contribution >= 4 is 0 Å². The Morgan fingerprint density at radius 3 is 2.00 bits per heavy atom. The highest BCUT2D eigenvalue weighted by Gasteiger charge is 2.35. The van der Waals surface area contributed by atoms with Gasteiger partial charge in [0.15, 0.2) is 0 Å². The lowest BCUT2D eigenvalue weighted by molar-refractivity contribution is -0.138. The maximum Gasteiger partial charge on any atom is 0.420 e. The molecule has 7 heteroatoms. The normalized spacial score (nSPS) is 11.2. The first-order chi connectivity index (χ1) is 9.72. The van der Waals surface area contributed by atoms with Crippen LogP contribution in [0.1, 0.15) is 11.1 Å². The van der Waals surface area contributed by atoms with Crippen molar-refractivity contribution in [2.75, 3.05) is 0 Å². The molecule has 0 bridgehead atoms. The number of aromatic hydroxyl groups is 1. The van der Waals surface area contributed by atoms with Gasteiger partial charge in [0.1, 0.15) is 17.4 Å². The largest absolute Gasteiger partial charge is 0.507 e. The maximum atomic E-state index is 13.2. The number of hydrogen-bond acceptors (Lipinski definition) is 2. The summed E-state index contributed by atoms with van der Waals surface area (Å²) in [6.07, 6.45) is -4.91. The molecule has 108 valence electrons. The van der Waals surface area contributed by atoms with Gasteiger partial charge in [0.05, 0.1) is 17.2 Å². The van der Waals surface area contributed by atoms with E-state index in [0.717, 1.165) is 18.2 Å². The third kappa shape index (κ3) is 2.94. The fraction of sp³-hybridized carbons (Fsp3) is 0.0714. The van der Waals surface area contributed by atoms with E-state index in [1.165, 1.54) is 6.07 Å². The summed E-state index contributed by atoms with van der Waals surface area (Å²) >= 11 is 0. The summed E-state index contributed by atoms with van der Waals surface area (Å²) in [6, 6.07) is 4.97. The Labute approximate surface area is 115 Å². The average Bonchev–Trinajstić information content (AvgIpc) is 2.36. The minimum Gasteiger partial charge on any atom is -0.507 e. The molecule has 0 unspecified atom stereocenters. The third-order valence-corrected chi connectivity index (χ3v) is 2.72. The van der Waals surface area contributed by atoms with Crippen LogP contribution in [0.3, 0.4) is 0 Å². The fourth-order valence-corrected chi connectivity index (χ4v) is 1.84. The molecular formula is C14H6F5NO. The van der Waals surface area contributed by atoms with E-state index >= 15 is 0 Å². The number of phenolic OH excluding ortho intramolecular Hbond substituents is 1. The van der Waals surface area contributed by atoms with E-state index in [-0.39, 0.29) is 11.1 Å². The van der Waals surface area contributed by atoms with E-state index < -0.39 is 34.7 Å². The Hall–Kier alpha value is -2.62. The summed E-state index contributed by atoms with van der Waals surface area (Å²) in [6.45, 7) is 0. The molecule has 0 heterocycles. The number of nitrogens with zero attached hydrogens (tertiary/aromatic N) is 1. The number of phenols is 1. The number of hydrogen-bond donors (Lipinski definition) is 1. The summed E-state index contributed by atoms with van der Waals surface area (Å²) in [5.74, 6) is -3.22. The lowest BCUT2D eigenvalue weighted by Crippen LogP contribution is -2.06. The van der Waals surface area contributed by atoms with Crippen LogP contribution in [0.25, 0.3) is 11.1 Å². The quantitative estimate of drug-likeness (QED) is 0.801. The van der Waals surface area contributed by atoms with E-state index in [1.807, 2.05) is 0 Å². The fourth-order valence-electron chi connectivity index (χ4n) is 1.84. The van der Waals surface area contributed by atoms with Crippen LogP contribution in [0, 0.1) is 23.0 Å². The van der Waals surface area contributed by atoms with Crippen molar-refractivity contribution in [1.29, 1.82) is 5.26 Å². The van der Waals surface area contributed by atoms with Gasteiger partial charge in [0.25, 0.3) is 0 Å². The van der Waals surface area contributed by atoms with Gasteiger partial charge in [-0.3, -0.25) is 0 Å². The summed E-state index contributed by atoms with van der Waals surface area (Å²) < 4.78 is 64.7. The van der Waals surface area contributed by atoms with E-state index in [2.05, 4.69) is 0 Å². The van der Waals surface area contributed by atoms with Crippen LogP contribution in [0.4, 0.5) is 22.0 Å². The summed E-state index contributed by atoms with van der Waals surface area (Å²) in [5, 5.41) is 18.5. The molecule has 21 heavy (non-hydrogen) atoms. The van der Waals surface area contributed by atoms with Gasteiger partial charge in [-0.15, -0.1) is 0 Å². The SMILES string of the molecule is N#Cc1cc(-c2cc(F)cc(F)c2)c(O)c(C(F)(F)F)c1. The Kier molecular flexibility index (Phi) is 3.56. The highest BCUT2D eigenvalue weighted by atomic mass is 19.4. The van der Waals surface area contributed by atoms with Gasteiger partial charge >= 0.3 is 6.18 Å². The Bertz CT molecular complexity index is 726. The molecule has 2 aromatic carbocycles. The van der Waals surface area contributed by atoms with Gasteiger partial charge in [-0.05, 0) is 29.8 Å². The number of halogens is 5. The van der Waals surface area contributed by atoms with E-state index in [4.69, 9.17) is 5.26 Å². The van der Waals surface area contributed by atoms with E-state index in [9.17, 15) is 27.1 Å². The minimum absolute atomic E-state index is 0.299. The zero-order valence-electron chi connectivity index (χ0n) is 10.2. The molecule has 0 saturated carbocycles. The van der Waals surface area contributed by atoms with Crippen LogP contribution in [0.15, 0.2) is 30.3 Å². The first-order valence-corrected chi connectivity index (χ1v) is 5.53. The summed E-state index contributed by atoms with van der Waals surface area (Å²) in [4.78, 5) is 0. The molecule has 0 saturated heterocycles. The number of benzene rings is 2. The monoisotopic (exact) mass is 299 g/mol. The van der Waals surface area contributed by atoms with Gasteiger partial charge in [0.2, 0.25) is 0 Å². The van der Waals surface area contributed by atoms with Crippen molar-refractivity contribution in [2.24, 2.45) is 0 Å². The number of alkyl halides is 3. The molecular weight excluding hydrogens is 293 g/mol. The van der Waals surface area contributed by atoms with Crippen molar-refractivity contribution in [3.63, 3.8) is 0 Å². The topological polar surface area (TPSA) is 44.0 Å². The van der Waals surface area contributed by atoms with Crippen LogP contribution >= 0.6 is 0 Å². The maximum absolute atomic E-state index is 13.2. The third-order valence-electron chi connectivity index (χ3n) is 2.72. The first kappa shape index (κ1) is 14.8. The van der Waals surface area contributed by atoms with E-state index in [0.29, 0.717) is 12.1 Å². The van der Waals surface area contributed by atoms with Gasteiger partial charge in [-0.2, -0.15) is 18.4 Å². The molecule has 0 spiro atoms. The predicted molar refractivity (Wildman–Crippen MR) is 63.2 cm³/mol. The smallest absolute Gasteiger partial charge is 0.420 e. The van der Waals surface area contributed by atoms with Gasteiger partial charge < -0.3 is 5.11 Å². The van der Waals surface area contributed by atoms with Crippen molar-refractivity contribution in [3.05, 3.63) is 53.1 Å². The molecule has 1 N–H and O–H groups in total. The van der Waals surface area contributed by atoms with Crippen LogP contribution < -0.4 is 0 Å². The molecule has 2 nitrogen and oxygen atoms in total. The Morgan fingerprint density at radius 1 is 0.952 bits per heavy atom. The standard InChI is InChI=1S/C14H6F5NO/c15-9-3-8(4-10(16)5-9)11-1-7(6-20)2-12(13(11)21)14(17,18)19/h1-5,21H. The lowest BCUT2D eigenvalue weighted by Gasteiger charge is -2.13. The number of nitriles is 1. The van der Waals surface area contributed by atoms with Gasteiger partial charge in [0, 0.05) is 11.6 Å². The molecule has 0 radical (unpaired) electrons. The highest BCUT2D eigenvalue weighted by molar-refractivity contribution is 5.74. The second-order valence-electron chi connectivity index (χ2n) is 4.19. The van der Waals surface area contributed by atoms with Crippen molar-refractivity contribution in [2.45, 2.75) is 6.18 Å². The molecule has 0 amide bonds. The molecule has 0 aliphatic carbocycles. The minimum atomic E-state index is -4.91. The first-order valence-electron chi connectivity index (χ1n) is 5.53. The molecule has 0 atom stereocenters. The van der Waals surface area contributed by atoms with Crippen LogP contribution in [-0.4, -0.2) is 5.11 Å². The molecule has 0 aliphatic rings. The Balaban J connectivity index is 2.77. The van der Waals surface area contributed by atoms with Crippen molar-refractivity contribution in [1.82, 2.24) is 0 Å². The summed E-state index contributed by atoms with van der Waals surface area (Å²) in [7, 11) is 0. The van der Waals surface area contributed by atoms with Crippen molar-refractivity contribution in [3.8, 4) is 22.9 Å². The molecule has 0 fully saturated rings. The van der Waals surface area contributed by atoms with Crippen molar-refractivity contribution < 1.29 is 27.1 Å². The van der Waals surface area contributed by atoms with Gasteiger partial charge in [-0.1, -0.05) is 0 Å². The second-order valence-corrected chi connectivity index (χ2v) is 4.19. The predicted octanol–water partition coefficient (Wildman–Crippen LogP) is 4.23. The zero-order chi connectivity index (χ0) is 15.8. The zero-order valence-corrected chi connectivity index (χ0v) is 10.2. The average molecular weight is 299 g/mol. The molecule has 0 aliphatic heterocycles. The van der Waals surface area contributed by atoms with Gasteiger partial charge in [-0.25, -0.2) is 8.78 Å². The molecule has 2 rings (SSSR count). The van der Waals surface area contributed by atoms with Crippen LogP contribution in [0.5, 0.6) is 5.75 Å². The molecule has 2 aromatic rings. The summed E-state index contributed by atoms with van der Waals surface area (Å²) in [5.41, 5.74) is -2.60. The van der Waals surface area contributed by atoms with Crippen LogP contribution in [-0.2, 0) is 6.18 Å². The van der Waals surface area contributed by atoms with Crippen LogP contribution in [0.2, 0.25) is 0 Å². The molecule has 0 aromatic heterocycles. The highest BCUT2D eigenvalue weighted by Crippen LogP contribution is 2.42. The number of rotatable bonds is 1. The second kappa shape index (κ2) is 5.05. The lowest BCUT2D eigenvalue weighted by atomic mass is 9.98. The Morgan fingerprint density at radius 2 is 1.52 bits per heavy atom.